The van der Waals surface area contributed by atoms with Gasteiger partial charge in [-0.2, -0.15) is 0 Å². The van der Waals surface area contributed by atoms with Crippen LogP contribution in [0.3, 0.4) is 0 Å². The fourth-order valence-electron chi connectivity index (χ4n) is 4.44. The van der Waals surface area contributed by atoms with Gasteiger partial charge in [-0.05, 0) is 37.5 Å². The van der Waals surface area contributed by atoms with E-state index in [1.165, 1.54) is 32.1 Å². The smallest absolute Gasteiger partial charge is 0.141 e. The number of hydrogen-bond donors (Lipinski definition) is 1. The lowest BCUT2D eigenvalue weighted by Crippen LogP contribution is -2.40. The van der Waals surface area contributed by atoms with Crippen molar-refractivity contribution in [2.24, 2.45) is 29.4 Å². The Labute approximate surface area is 91.6 Å². The highest BCUT2D eigenvalue weighted by molar-refractivity contribution is 5.87. The second-order valence-electron chi connectivity index (χ2n) is 5.74. The molecule has 3 aliphatic carbocycles. The molecule has 0 aromatic heterocycles. The Hall–Kier alpha value is -0.370. The molecular formula is C13H21NO. The summed E-state index contributed by atoms with van der Waals surface area (Å²) in [6, 6.07) is 0.182. The third kappa shape index (κ3) is 1.37. The summed E-state index contributed by atoms with van der Waals surface area (Å²) in [6.07, 6.45) is 8.65. The number of hydrogen-bond acceptors (Lipinski definition) is 2. The Balaban J connectivity index is 1.89. The normalized spacial score (nSPS) is 49.9. The van der Waals surface area contributed by atoms with Crippen LogP contribution in [0.1, 0.15) is 44.9 Å². The zero-order valence-corrected chi connectivity index (χ0v) is 9.32. The second kappa shape index (κ2) is 3.58. The lowest BCUT2D eigenvalue weighted by Gasteiger charge is -2.34. The largest absolute Gasteiger partial charge is 0.327 e. The molecule has 3 rings (SSSR count). The maximum absolute atomic E-state index is 12.3. The quantitative estimate of drug-likeness (QED) is 0.661. The van der Waals surface area contributed by atoms with E-state index in [0.717, 1.165) is 12.8 Å². The topological polar surface area (TPSA) is 43.1 Å². The van der Waals surface area contributed by atoms with Crippen molar-refractivity contribution in [1.29, 1.82) is 0 Å². The molecule has 0 saturated heterocycles. The van der Waals surface area contributed by atoms with Crippen LogP contribution in [0, 0.1) is 23.7 Å². The van der Waals surface area contributed by atoms with Gasteiger partial charge in [0.05, 0.1) is 0 Å². The van der Waals surface area contributed by atoms with Crippen LogP contribution in [0.5, 0.6) is 0 Å². The standard InChI is InChI=1S/C13H21NO/c14-11-7-3-6-9-8-4-1-2-5-10(8)13(15)12(9)11/h8-12H,1-7,14H2. The highest BCUT2D eigenvalue weighted by Gasteiger charge is 2.52. The zero-order valence-electron chi connectivity index (χ0n) is 9.32. The first-order valence-electron chi connectivity index (χ1n) is 6.58. The molecule has 3 aliphatic rings. The number of fused-ring (bicyclic) bond motifs is 3. The van der Waals surface area contributed by atoms with E-state index in [1.54, 1.807) is 0 Å². The van der Waals surface area contributed by atoms with Gasteiger partial charge in [0.15, 0.2) is 0 Å². The first kappa shape index (κ1) is 9.83. The molecule has 3 saturated carbocycles. The summed E-state index contributed by atoms with van der Waals surface area (Å²) < 4.78 is 0. The van der Waals surface area contributed by atoms with Gasteiger partial charge in [0.25, 0.3) is 0 Å². The van der Waals surface area contributed by atoms with E-state index in [4.69, 9.17) is 5.73 Å². The Morgan fingerprint density at radius 1 is 0.933 bits per heavy atom. The van der Waals surface area contributed by atoms with E-state index in [9.17, 15) is 4.79 Å². The minimum absolute atomic E-state index is 0.182. The average molecular weight is 207 g/mol. The zero-order chi connectivity index (χ0) is 10.4. The van der Waals surface area contributed by atoms with Crippen LogP contribution >= 0.6 is 0 Å². The molecule has 0 heterocycles. The minimum Gasteiger partial charge on any atom is -0.327 e. The van der Waals surface area contributed by atoms with Crippen molar-refractivity contribution < 1.29 is 4.79 Å². The van der Waals surface area contributed by atoms with Gasteiger partial charge in [0.2, 0.25) is 0 Å². The summed E-state index contributed by atoms with van der Waals surface area (Å²) in [4.78, 5) is 12.3. The molecule has 15 heavy (non-hydrogen) atoms. The SMILES string of the molecule is NC1CCCC2C3CCCCC3C(=O)C12. The van der Waals surface area contributed by atoms with Crippen molar-refractivity contribution >= 4 is 5.78 Å². The van der Waals surface area contributed by atoms with E-state index >= 15 is 0 Å². The number of carbonyl (C=O) groups is 1. The number of ketones is 1. The van der Waals surface area contributed by atoms with Gasteiger partial charge in [-0.3, -0.25) is 4.79 Å². The summed E-state index contributed by atoms with van der Waals surface area (Å²) in [5.41, 5.74) is 6.14. The molecule has 3 fully saturated rings. The van der Waals surface area contributed by atoms with E-state index in [0.29, 0.717) is 23.5 Å². The third-order valence-electron chi connectivity index (χ3n) is 5.06. The Kier molecular flexibility index (Phi) is 2.35. The first-order chi connectivity index (χ1) is 7.29. The van der Waals surface area contributed by atoms with Gasteiger partial charge in [0.1, 0.15) is 5.78 Å². The monoisotopic (exact) mass is 207 g/mol. The number of nitrogens with two attached hydrogens (primary N) is 1. The predicted molar refractivity (Wildman–Crippen MR) is 59.3 cm³/mol. The summed E-state index contributed by atoms with van der Waals surface area (Å²) in [7, 11) is 0. The fraction of sp³-hybridized carbons (Fsp3) is 0.923. The van der Waals surface area contributed by atoms with Gasteiger partial charge in [-0.15, -0.1) is 0 Å². The molecular weight excluding hydrogens is 186 g/mol. The van der Waals surface area contributed by atoms with E-state index in [2.05, 4.69) is 0 Å². The van der Waals surface area contributed by atoms with Crippen molar-refractivity contribution in [3.8, 4) is 0 Å². The van der Waals surface area contributed by atoms with Crippen LogP contribution in [0.25, 0.3) is 0 Å². The lowest BCUT2D eigenvalue weighted by molar-refractivity contribution is -0.126. The summed E-state index contributed by atoms with van der Waals surface area (Å²) in [5, 5.41) is 0. The van der Waals surface area contributed by atoms with Crippen molar-refractivity contribution in [3.05, 3.63) is 0 Å². The van der Waals surface area contributed by atoms with Gasteiger partial charge in [-0.25, -0.2) is 0 Å². The Bertz CT molecular complexity index is 276. The van der Waals surface area contributed by atoms with Crippen LogP contribution in [0.2, 0.25) is 0 Å². The minimum atomic E-state index is 0.182. The van der Waals surface area contributed by atoms with Crippen molar-refractivity contribution in [3.63, 3.8) is 0 Å². The van der Waals surface area contributed by atoms with Gasteiger partial charge in [-0.1, -0.05) is 19.3 Å². The second-order valence-corrected chi connectivity index (χ2v) is 5.74. The molecule has 0 spiro atoms. The average Bonchev–Trinajstić information content (AvgIpc) is 2.55. The van der Waals surface area contributed by atoms with Gasteiger partial charge >= 0.3 is 0 Å². The molecule has 0 amide bonds. The van der Waals surface area contributed by atoms with Crippen molar-refractivity contribution in [2.45, 2.75) is 51.0 Å². The van der Waals surface area contributed by atoms with Gasteiger partial charge < -0.3 is 5.73 Å². The molecule has 2 nitrogen and oxygen atoms in total. The Morgan fingerprint density at radius 3 is 2.53 bits per heavy atom. The molecule has 0 aliphatic heterocycles. The van der Waals surface area contributed by atoms with Crippen LogP contribution in [0.15, 0.2) is 0 Å². The predicted octanol–water partition coefficient (Wildman–Crippen LogP) is 2.12. The first-order valence-corrected chi connectivity index (χ1v) is 6.58. The highest BCUT2D eigenvalue weighted by Crippen LogP contribution is 2.51. The van der Waals surface area contributed by atoms with Gasteiger partial charge in [0, 0.05) is 17.9 Å². The maximum Gasteiger partial charge on any atom is 0.141 e. The third-order valence-corrected chi connectivity index (χ3v) is 5.06. The van der Waals surface area contributed by atoms with Crippen LogP contribution < -0.4 is 5.73 Å². The molecule has 0 aromatic rings. The Morgan fingerprint density at radius 2 is 1.67 bits per heavy atom. The molecule has 2 heteroatoms. The maximum atomic E-state index is 12.3. The summed E-state index contributed by atoms with van der Waals surface area (Å²) in [6.45, 7) is 0. The number of Topliss-reactive ketones (excluding diaryl/α,β-unsaturated/α-hetero) is 1. The van der Waals surface area contributed by atoms with Crippen LogP contribution in [0.4, 0.5) is 0 Å². The molecule has 0 radical (unpaired) electrons. The molecule has 0 bridgehead atoms. The molecule has 84 valence electrons. The molecule has 0 aromatic carbocycles. The molecule has 5 unspecified atom stereocenters. The lowest BCUT2D eigenvalue weighted by atomic mass is 9.72. The van der Waals surface area contributed by atoms with Crippen LogP contribution in [-0.2, 0) is 4.79 Å². The van der Waals surface area contributed by atoms with E-state index < -0.39 is 0 Å². The molecule has 5 atom stereocenters. The number of carbonyl (C=O) groups excluding carboxylic acids is 1. The fourth-order valence-corrected chi connectivity index (χ4v) is 4.44. The van der Waals surface area contributed by atoms with E-state index in [-0.39, 0.29) is 12.0 Å². The number of rotatable bonds is 0. The summed E-state index contributed by atoms with van der Waals surface area (Å²) in [5.74, 6) is 2.55. The van der Waals surface area contributed by atoms with Crippen molar-refractivity contribution in [1.82, 2.24) is 0 Å². The van der Waals surface area contributed by atoms with Crippen molar-refractivity contribution in [2.75, 3.05) is 0 Å². The van der Waals surface area contributed by atoms with E-state index in [1.807, 2.05) is 0 Å². The van der Waals surface area contributed by atoms with Crippen LogP contribution in [-0.4, -0.2) is 11.8 Å². The highest BCUT2D eigenvalue weighted by atomic mass is 16.1. The molecule has 2 N–H and O–H groups in total. The summed E-state index contributed by atoms with van der Waals surface area (Å²) >= 11 is 0.